The number of anilines is 2. The summed E-state index contributed by atoms with van der Waals surface area (Å²) in [6.07, 6.45) is 4.47. The maximum Gasteiger partial charge on any atom is 0.126 e. The second-order valence-electron chi connectivity index (χ2n) is 5.23. The van der Waals surface area contributed by atoms with Crippen molar-refractivity contribution in [1.29, 1.82) is 0 Å². The molecule has 4 heteroatoms. The van der Waals surface area contributed by atoms with Crippen molar-refractivity contribution in [3.05, 3.63) is 17.8 Å². The van der Waals surface area contributed by atoms with Crippen molar-refractivity contribution >= 4 is 11.5 Å². The second-order valence-corrected chi connectivity index (χ2v) is 5.23. The van der Waals surface area contributed by atoms with Crippen molar-refractivity contribution < 1.29 is 0 Å². The molecule has 0 atom stereocenters. The Kier molecular flexibility index (Phi) is 2.67. The number of aromatic nitrogens is 1. The fourth-order valence-electron chi connectivity index (χ4n) is 2.44. The summed E-state index contributed by atoms with van der Waals surface area (Å²) in [6, 6.07) is 2.26. The molecule has 1 aromatic heterocycles. The first-order valence-electron chi connectivity index (χ1n) is 6.43. The molecular weight excluding hydrogens is 212 g/mol. The lowest BCUT2D eigenvalue weighted by Crippen LogP contribution is -2.44. The molecule has 2 heterocycles. The maximum atomic E-state index is 5.94. The fourth-order valence-corrected chi connectivity index (χ4v) is 2.44. The normalized spacial score (nSPS) is 21.8. The second kappa shape index (κ2) is 4.18. The summed E-state index contributed by atoms with van der Waals surface area (Å²) in [4.78, 5) is 9.14. The van der Waals surface area contributed by atoms with E-state index in [1.54, 1.807) is 0 Å². The first-order valence-corrected chi connectivity index (χ1v) is 6.43. The van der Waals surface area contributed by atoms with E-state index in [2.05, 4.69) is 27.9 Å². The van der Waals surface area contributed by atoms with E-state index in [0.717, 1.165) is 32.0 Å². The Hall–Kier alpha value is -1.29. The minimum atomic E-state index is 0.676. The lowest BCUT2D eigenvalue weighted by Gasteiger charge is -2.34. The zero-order chi connectivity index (χ0) is 11.8. The van der Waals surface area contributed by atoms with E-state index < -0.39 is 0 Å². The molecule has 1 saturated heterocycles. The number of hydrogen-bond donors (Lipinski definition) is 1. The van der Waals surface area contributed by atoms with Gasteiger partial charge in [-0.25, -0.2) is 4.98 Å². The average Bonchev–Trinajstić information content (AvgIpc) is 3.15. The van der Waals surface area contributed by atoms with Crippen LogP contribution >= 0.6 is 0 Å². The van der Waals surface area contributed by atoms with Gasteiger partial charge in [0.1, 0.15) is 5.82 Å². The molecule has 0 unspecified atom stereocenters. The topological polar surface area (TPSA) is 45.4 Å². The standard InChI is InChI=1S/C13H20N4/c1-16-4-6-17(7-5-16)11-8-12(10-2-3-10)13(14)15-9-11/h8-10H,2-7H2,1H3,(H2,14,15). The molecule has 1 aliphatic carbocycles. The summed E-state index contributed by atoms with van der Waals surface area (Å²) in [5.74, 6) is 1.40. The van der Waals surface area contributed by atoms with Gasteiger partial charge in [0.05, 0.1) is 11.9 Å². The van der Waals surface area contributed by atoms with E-state index in [1.165, 1.54) is 24.1 Å². The van der Waals surface area contributed by atoms with E-state index in [1.807, 2.05) is 6.20 Å². The van der Waals surface area contributed by atoms with Crippen molar-refractivity contribution in [2.24, 2.45) is 0 Å². The third kappa shape index (κ3) is 2.22. The van der Waals surface area contributed by atoms with Crippen molar-refractivity contribution in [2.75, 3.05) is 43.9 Å². The van der Waals surface area contributed by atoms with Gasteiger partial charge in [-0.1, -0.05) is 0 Å². The van der Waals surface area contributed by atoms with Crippen LogP contribution < -0.4 is 10.6 Å². The zero-order valence-corrected chi connectivity index (χ0v) is 10.4. The summed E-state index contributed by atoms with van der Waals surface area (Å²) in [6.45, 7) is 4.44. The van der Waals surface area contributed by atoms with E-state index in [9.17, 15) is 0 Å². The highest BCUT2D eigenvalue weighted by Gasteiger charge is 2.27. The van der Waals surface area contributed by atoms with Crippen LogP contribution in [0.3, 0.4) is 0 Å². The van der Waals surface area contributed by atoms with Crippen molar-refractivity contribution in [3.63, 3.8) is 0 Å². The van der Waals surface area contributed by atoms with Gasteiger partial charge in [0.15, 0.2) is 0 Å². The molecule has 0 amide bonds. The smallest absolute Gasteiger partial charge is 0.126 e. The lowest BCUT2D eigenvalue weighted by atomic mass is 10.1. The van der Waals surface area contributed by atoms with Gasteiger partial charge >= 0.3 is 0 Å². The van der Waals surface area contributed by atoms with Gasteiger partial charge in [-0.05, 0) is 37.4 Å². The molecule has 3 rings (SSSR count). The number of nitrogen functional groups attached to an aromatic ring is 1. The van der Waals surface area contributed by atoms with Crippen LogP contribution in [0.15, 0.2) is 12.3 Å². The zero-order valence-electron chi connectivity index (χ0n) is 10.4. The van der Waals surface area contributed by atoms with Gasteiger partial charge in [0.2, 0.25) is 0 Å². The number of likely N-dealkylation sites (N-methyl/N-ethyl adjacent to an activating group) is 1. The number of nitrogens with zero attached hydrogens (tertiary/aromatic N) is 3. The van der Waals surface area contributed by atoms with Crippen LogP contribution in [0.25, 0.3) is 0 Å². The molecule has 0 spiro atoms. The quantitative estimate of drug-likeness (QED) is 0.834. The molecule has 0 bridgehead atoms. The average molecular weight is 232 g/mol. The summed E-state index contributed by atoms with van der Waals surface area (Å²) >= 11 is 0. The van der Waals surface area contributed by atoms with Gasteiger partial charge in [-0.3, -0.25) is 0 Å². The van der Waals surface area contributed by atoms with Gasteiger partial charge in [-0.15, -0.1) is 0 Å². The molecule has 1 aliphatic heterocycles. The Balaban J connectivity index is 1.80. The lowest BCUT2D eigenvalue weighted by molar-refractivity contribution is 0.313. The molecule has 2 aliphatic rings. The number of piperazine rings is 1. The maximum absolute atomic E-state index is 5.94. The Morgan fingerprint density at radius 3 is 2.59 bits per heavy atom. The Morgan fingerprint density at radius 1 is 1.24 bits per heavy atom. The predicted molar refractivity (Wildman–Crippen MR) is 70.3 cm³/mol. The van der Waals surface area contributed by atoms with Crippen LogP contribution in [0.2, 0.25) is 0 Å². The molecule has 2 fully saturated rings. The highest BCUT2D eigenvalue weighted by molar-refractivity contribution is 5.55. The number of hydrogen-bond acceptors (Lipinski definition) is 4. The Morgan fingerprint density at radius 2 is 1.94 bits per heavy atom. The third-order valence-electron chi connectivity index (χ3n) is 3.82. The van der Waals surface area contributed by atoms with Crippen molar-refractivity contribution in [3.8, 4) is 0 Å². The van der Waals surface area contributed by atoms with E-state index in [0.29, 0.717) is 5.92 Å². The number of nitrogens with two attached hydrogens (primary N) is 1. The van der Waals surface area contributed by atoms with E-state index in [-0.39, 0.29) is 0 Å². The summed E-state index contributed by atoms with van der Waals surface area (Å²) in [7, 11) is 2.17. The summed E-state index contributed by atoms with van der Waals surface area (Å²) in [5.41, 5.74) is 8.45. The minimum Gasteiger partial charge on any atom is -0.383 e. The van der Waals surface area contributed by atoms with Crippen LogP contribution in [0.5, 0.6) is 0 Å². The van der Waals surface area contributed by atoms with Crippen LogP contribution in [0, 0.1) is 0 Å². The largest absolute Gasteiger partial charge is 0.383 e. The number of rotatable bonds is 2. The molecular formula is C13H20N4. The first kappa shape index (κ1) is 10.8. The monoisotopic (exact) mass is 232 g/mol. The molecule has 4 nitrogen and oxygen atoms in total. The van der Waals surface area contributed by atoms with Crippen molar-refractivity contribution in [1.82, 2.24) is 9.88 Å². The molecule has 1 aromatic rings. The minimum absolute atomic E-state index is 0.676. The van der Waals surface area contributed by atoms with E-state index >= 15 is 0 Å². The molecule has 17 heavy (non-hydrogen) atoms. The van der Waals surface area contributed by atoms with Crippen LogP contribution in [-0.4, -0.2) is 43.1 Å². The highest BCUT2D eigenvalue weighted by Crippen LogP contribution is 2.43. The number of pyridine rings is 1. The van der Waals surface area contributed by atoms with Gasteiger partial charge in [0, 0.05) is 26.2 Å². The molecule has 0 aromatic carbocycles. The Bertz CT molecular complexity index is 406. The van der Waals surface area contributed by atoms with Gasteiger partial charge < -0.3 is 15.5 Å². The molecule has 1 saturated carbocycles. The highest BCUT2D eigenvalue weighted by atomic mass is 15.2. The third-order valence-corrected chi connectivity index (χ3v) is 3.82. The fraction of sp³-hybridized carbons (Fsp3) is 0.615. The molecule has 92 valence electrons. The van der Waals surface area contributed by atoms with Crippen molar-refractivity contribution in [2.45, 2.75) is 18.8 Å². The van der Waals surface area contributed by atoms with Gasteiger partial charge in [0.25, 0.3) is 0 Å². The SMILES string of the molecule is CN1CCN(c2cnc(N)c(C3CC3)c2)CC1. The van der Waals surface area contributed by atoms with Crippen LogP contribution in [0.4, 0.5) is 11.5 Å². The van der Waals surface area contributed by atoms with E-state index in [4.69, 9.17) is 5.73 Å². The molecule has 2 N–H and O–H groups in total. The van der Waals surface area contributed by atoms with Crippen LogP contribution in [0.1, 0.15) is 24.3 Å². The Labute approximate surface area is 102 Å². The predicted octanol–water partition coefficient (Wildman–Crippen LogP) is 1.29. The van der Waals surface area contributed by atoms with Crippen LogP contribution in [-0.2, 0) is 0 Å². The first-order chi connectivity index (χ1) is 8.24. The summed E-state index contributed by atoms with van der Waals surface area (Å²) < 4.78 is 0. The molecule has 0 radical (unpaired) electrons. The summed E-state index contributed by atoms with van der Waals surface area (Å²) in [5, 5.41) is 0. The van der Waals surface area contributed by atoms with Gasteiger partial charge in [-0.2, -0.15) is 0 Å².